The van der Waals surface area contributed by atoms with Gasteiger partial charge in [0.2, 0.25) is 11.9 Å². The first-order valence-electron chi connectivity index (χ1n) is 9.09. The zero-order valence-corrected chi connectivity index (χ0v) is 15.3. The van der Waals surface area contributed by atoms with Crippen molar-refractivity contribution in [2.24, 2.45) is 0 Å². The van der Waals surface area contributed by atoms with Crippen LogP contribution in [0.2, 0.25) is 0 Å². The Balaban J connectivity index is 1.65. The first kappa shape index (κ1) is 17.6. The molecule has 2 N–H and O–H groups in total. The van der Waals surface area contributed by atoms with Gasteiger partial charge in [-0.1, -0.05) is 0 Å². The monoisotopic (exact) mass is 369 g/mol. The predicted octanol–water partition coefficient (Wildman–Crippen LogP) is 1.86. The summed E-state index contributed by atoms with van der Waals surface area (Å²) in [5.74, 6) is 1.26. The zero-order valence-electron chi connectivity index (χ0n) is 15.3. The molecule has 1 aliphatic rings. The van der Waals surface area contributed by atoms with Crippen LogP contribution >= 0.6 is 0 Å². The molecule has 0 amide bonds. The summed E-state index contributed by atoms with van der Waals surface area (Å²) in [5, 5.41) is 6.57. The van der Waals surface area contributed by atoms with Crippen LogP contribution in [-0.4, -0.2) is 64.0 Å². The number of anilines is 2. The molecule has 3 aromatic heterocycles. The quantitative estimate of drug-likeness (QED) is 0.581. The topological polar surface area (TPSA) is 99.0 Å². The molecule has 27 heavy (non-hydrogen) atoms. The molecule has 1 atom stereocenters. The van der Waals surface area contributed by atoms with E-state index in [-0.39, 0.29) is 6.10 Å². The van der Waals surface area contributed by atoms with Crippen molar-refractivity contribution in [2.75, 3.05) is 44.0 Å². The van der Waals surface area contributed by atoms with Crippen LogP contribution in [-0.2, 0) is 9.47 Å². The molecule has 0 aliphatic carbocycles. The van der Waals surface area contributed by atoms with Crippen molar-refractivity contribution >= 4 is 23.1 Å². The number of ether oxygens (including phenoxy) is 2. The minimum atomic E-state index is 0.223. The SMILES string of the molecule is COCCNc1nc2cnc(NCC3CCCO3)nc2n1-c1ccncc1. The van der Waals surface area contributed by atoms with Crippen molar-refractivity contribution in [1.82, 2.24) is 24.5 Å². The van der Waals surface area contributed by atoms with Crippen molar-refractivity contribution < 1.29 is 9.47 Å². The summed E-state index contributed by atoms with van der Waals surface area (Å²) < 4.78 is 12.7. The largest absolute Gasteiger partial charge is 0.383 e. The van der Waals surface area contributed by atoms with E-state index >= 15 is 0 Å². The Labute approximate surface area is 157 Å². The number of hydrogen-bond acceptors (Lipinski definition) is 8. The van der Waals surface area contributed by atoms with Gasteiger partial charge in [0.1, 0.15) is 5.52 Å². The van der Waals surface area contributed by atoms with Crippen molar-refractivity contribution in [3.8, 4) is 5.69 Å². The molecule has 9 nitrogen and oxygen atoms in total. The van der Waals surface area contributed by atoms with Gasteiger partial charge >= 0.3 is 0 Å². The zero-order chi connectivity index (χ0) is 18.5. The summed E-state index contributed by atoms with van der Waals surface area (Å²) in [5.41, 5.74) is 2.37. The van der Waals surface area contributed by atoms with Crippen LogP contribution < -0.4 is 10.6 Å². The summed E-state index contributed by atoms with van der Waals surface area (Å²) in [6.07, 6.45) is 7.63. The average Bonchev–Trinajstić information content (AvgIpc) is 3.34. The molecule has 4 rings (SSSR count). The normalized spacial score (nSPS) is 16.7. The van der Waals surface area contributed by atoms with Crippen LogP contribution in [0.25, 0.3) is 16.9 Å². The lowest BCUT2D eigenvalue weighted by molar-refractivity contribution is 0.120. The number of pyridine rings is 1. The molecule has 1 fully saturated rings. The fourth-order valence-corrected chi connectivity index (χ4v) is 3.09. The smallest absolute Gasteiger partial charge is 0.224 e. The Kier molecular flexibility index (Phi) is 5.40. The summed E-state index contributed by atoms with van der Waals surface area (Å²) in [6, 6.07) is 3.84. The van der Waals surface area contributed by atoms with Crippen LogP contribution in [0.4, 0.5) is 11.9 Å². The average molecular weight is 369 g/mol. The first-order chi connectivity index (χ1) is 13.3. The third-order valence-corrected chi connectivity index (χ3v) is 4.42. The highest BCUT2D eigenvalue weighted by Crippen LogP contribution is 2.23. The molecule has 142 valence electrons. The lowest BCUT2D eigenvalue weighted by atomic mass is 10.2. The predicted molar refractivity (Wildman–Crippen MR) is 102 cm³/mol. The maximum Gasteiger partial charge on any atom is 0.224 e. The number of nitrogens with zero attached hydrogens (tertiary/aromatic N) is 5. The van der Waals surface area contributed by atoms with Gasteiger partial charge in [0.05, 0.1) is 24.6 Å². The van der Waals surface area contributed by atoms with E-state index < -0.39 is 0 Å². The summed E-state index contributed by atoms with van der Waals surface area (Å²) in [7, 11) is 1.67. The number of hydrogen-bond donors (Lipinski definition) is 2. The Bertz CT molecular complexity index is 878. The molecule has 4 heterocycles. The van der Waals surface area contributed by atoms with Gasteiger partial charge in [-0.25, -0.2) is 9.97 Å². The maximum atomic E-state index is 5.65. The van der Waals surface area contributed by atoms with E-state index in [1.54, 1.807) is 25.7 Å². The lowest BCUT2D eigenvalue weighted by Gasteiger charge is -2.11. The van der Waals surface area contributed by atoms with Crippen molar-refractivity contribution in [2.45, 2.75) is 18.9 Å². The fraction of sp³-hybridized carbons (Fsp3) is 0.444. The van der Waals surface area contributed by atoms with Crippen LogP contribution in [0.3, 0.4) is 0 Å². The van der Waals surface area contributed by atoms with Gasteiger partial charge in [-0.3, -0.25) is 9.55 Å². The number of methoxy groups -OCH3 is 1. The minimum Gasteiger partial charge on any atom is -0.383 e. The van der Waals surface area contributed by atoms with E-state index in [0.717, 1.165) is 36.3 Å². The van der Waals surface area contributed by atoms with Gasteiger partial charge in [-0.05, 0) is 25.0 Å². The first-order valence-corrected chi connectivity index (χ1v) is 9.09. The molecule has 1 unspecified atom stereocenters. The Morgan fingerprint density at radius 2 is 2.15 bits per heavy atom. The second kappa shape index (κ2) is 8.28. The molecular weight excluding hydrogens is 346 g/mol. The van der Waals surface area contributed by atoms with Gasteiger partial charge in [0.25, 0.3) is 0 Å². The van der Waals surface area contributed by atoms with Gasteiger partial charge < -0.3 is 20.1 Å². The summed E-state index contributed by atoms with van der Waals surface area (Å²) >= 11 is 0. The standard InChI is InChI=1S/C18H23N7O2/c1-26-10-8-20-18-23-15-12-22-17(21-11-14-3-2-9-27-14)24-16(15)25(18)13-4-6-19-7-5-13/h4-7,12,14H,2-3,8-11H2,1H3,(H,20,23)(H,21,22,24). The Morgan fingerprint density at radius 1 is 1.26 bits per heavy atom. The summed E-state index contributed by atoms with van der Waals surface area (Å²) in [4.78, 5) is 17.8. The third kappa shape index (κ3) is 3.99. The lowest BCUT2D eigenvalue weighted by Crippen LogP contribution is -2.19. The van der Waals surface area contributed by atoms with Gasteiger partial charge in [0.15, 0.2) is 5.65 Å². The van der Waals surface area contributed by atoms with Gasteiger partial charge in [0, 0.05) is 39.2 Å². The molecule has 0 radical (unpaired) electrons. The molecule has 0 aromatic carbocycles. The molecule has 0 spiro atoms. The van der Waals surface area contributed by atoms with Crippen molar-refractivity contribution in [1.29, 1.82) is 0 Å². The van der Waals surface area contributed by atoms with E-state index in [1.807, 2.05) is 16.7 Å². The molecule has 3 aromatic rings. The van der Waals surface area contributed by atoms with Gasteiger partial charge in [-0.2, -0.15) is 4.98 Å². The van der Waals surface area contributed by atoms with Crippen LogP contribution in [0, 0.1) is 0 Å². The molecule has 1 aliphatic heterocycles. The number of rotatable bonds is 8. The Morgan fingerprint density at radius 3 is 2.93 bits per heavy atom. The summed E-state index contributed by atoms with van der Waals surface area (Å²) in [6.45, 7) is 2.76. The highest BCUT2D eigenvalue weighted by Gasteiger charge is 2.17. The highest BCUT2D eigenvalue weighted by molar-refractivity contribution is 5.77. The Hall–Kier alpha value is -2.78. The van der Waals surface area contributed by atoms with E-state index in [2.05, 4.69) is 25.6 Å². The van der Waals surface area contributed by atoms with E-state index in [1.165, 1.54) is 0 Å². The molecular formula is C18H23N7O2. The van der Waals surface area contributed by atoms with E-state index in [4.69, 9.17) is 14.5 Å². The van der Waals surface area contributed by atoms with Crippen molar-refractivity contribution in [3.05, 3.63) is 30.7 Å². The van der Waals surface area contributed by atoms with Gasteiger partial charge in [-0.15, -0.1) is 0 Å². The second-order valence-electron chi connectivity index (χ2n) is 6.31. The number of nitrogens with one attached hydrogen (secondary N) is 2. The fourth-order valence-electron chi connectivity index (χ4n) is 3.09. The van der Waals surface area contributed by atoms with Crippen molar-refractivity contribution in [3.63, 3.8) is 0 Å². The molecule has 1 saturated heterocycles. The third-order valence-electron chi connectivity index (χ3n) is 4.42. The van der Waals surface area contributed by atoms with Crippen LogP contribution in [0.1, 0.15) is 12.8 Å². The molecule has 0 saturated carbocycles. The molecule has 0 bridgehead atoms. The molecule has 9 heteroatoms. The number of imidazole rings is 1. The van der Waals surface area contributed by atoms with E-state index in [0.29, 0.717) is 31.6 Å². The highest BCUT2D eigenvalue weighted by atomic mass is 16.5. The van der Waals surface area contributed by atoms with Crippen LogP contribution in [0.5, 0.6) is 0 Å². The minimum absolute atomic E-state index is 0.223. The second-order valence-corrected chi connectivity index (χ2v) is 6.31. The van der Waals surface area contributed by atoms with Crippen LogP contribution in [0.15, 0.2) is 30.7 Å². The number of aromatic nitrogens is 5. The maximum absolute atomic E-state index is 5.65. The number of fused-ring (bicyclic) bond motifs is 1. The van der Waals surface area contributed by atoms with E-state index in [9.17, 15) is 0 Å².